The van der Waals surface area contributed by atoms with E-state index in [4.69, 9.17) is 10.5 Å². The third kappa shape index (κ3) is 6.20. The Bertz CT molecular complexity index is 632. The number of nitrogens with one attached hydrogen (secondary N) is 2. The van der Waals surface area contributed by atoms with Crippen molar-refractivity contribution < 1.29 is 19.1 Å². The Hall–Kier alpha value is -2.85. The largest absolute Gasteiger partial charge is 0.465 e. The molecule has 0 aliphatic rings. The fourth-order valence-corrected chi connectivity index (χ4v) is 1.79. The number of esters is 1. The highest BCUT2D eigenvalue weighted by Crippen LogP contribution is 2.19. The molecule has 1 aromatic carbocycles. The van der Waals surface area contributed by atoms with Gasteiger partial charge in [0.25, 0.3) is 0 Å². The first kappa shape index (κ1) is 18.2. The number of ether oxygens (including phenoxy) is 1. The average molecular weight is 317 g/mol. The van der Waals surface area contributed by atoms with E-state index in [0.29, 0.717) is 30.6 Å². The summed E-state index contributed by atoms with van der Waals surface area (Å²) in [5.74, 6) is 4.71. The molecular weight excluding hydrogens is 298 g/mol. The normalized spacial score (nSPS) is 9.30. The van der Waals surface area contributed by atoms with Crippen LogP contribution in [0.5, 0.6) is 0 Å². The molecule has 0 aliphatic carbocycles. The van der Waals surface area contributed by atoms with Gasteiger partial charge >= 0.3 is 5.97 Å². The van der Waals surface area contributed by atoms with Crippen molar-refractivity contribution in [1.29, 1.82) is 0 Å². The second-order valence-electron chi connectivity index (χ2n) is 4.48. The maximum absolute atomic E-state index is 11.9. The standard InChI is InChI=1S/C16H19N3O4/c1-23-16(22)13-7-6-12(4-2-8-17)10-14(13)19-15(21)5-3-9-18-11-20/h6-7,10-11H,3,5,8-9,17H2,1H3,(H,18,20)(H,19,21). The molecule has 23 heavy (non-hydrogen) atoms. The van der Waals surface area contributed by atoms with E-state index in [-0.39, 0.29) is 24.4 Å². The van der Waals surface area contributed by atoms with Crippen LogP contribution in [-0.4, -0.2) is 38.5 Å². The monoisotopic (exact) mass is 317 g/mol. The van der Waals surface area contributed by atoms with Gasteiger partial charge in [0.15, 0.2) is 0 Å². The molecule has 0 heterocycles. The fourth-order valence-electron chi connectivity index (χ4n) is 1.79. The molecular formula is C16H19N3O4. The summed E-state index contributed by atoms with van der Waals surface area (Å²) in [6.45, 7) is 0.618. The highest BCUT2D eigenvalue weighted by Gasteiger charge is 2.14. The van der Waals surface area contributed by atoms with Crippen LogP contribution in [-0.2, 0) is 14.3 Å². The Balaban J connectivity index is 2.89. The van der Waals surface area contributed by atoms with E-state index in [1.54, 1.807) is 12.1 Å². The summed E-state index contributed by atoms with van der Waals surface area (Å²) in [4.78, 5) is 33.8. The molecule has 0 spiro atoms. The fraction of sp³-hybridized carbons (Fsp3) is 0.312. The number of hydrogen-bond acceptors (Lipinski definition) is 5. The van der Waals surface area contributed by atoms with Crippen molar-refractivity contribution in [2.45, 2.75) is 12.8 Å². The molecule has 122 valence electrons. The van der Waals surface area contributed by atoms with Crippen LogP contribution in [0, 0.1) is 11.8 Å². The van der Waals surface area contributed by atoms with Crippen LogP contribution in [0.4, 0.5) is 5.69 Å². The number of methoxy groups -OCH3 is 1. The number of nitrogens with two attached hydrogens (primary N) is 1. The molecule has 0 atom stereocenters. The molecule has 0 radical (unpaired) electrons. The van der Waals surface area contributed by atoms with Crippen LogP contribution in [0.3, 0.4) is 0 Å². The Morgan fingerprint density at radius 3 is 2.83 bits per heavy atom. The van der Waals surface area contributed by atoms with Crippen molar-refractivity contribution in [3.8, 4) is 11.8 Å². The Morgan fingerprint density at radius 2 is 2.17 bits per heavy atom. The number of hydrogen-bond donors (Lipinski definition) is 3. The SMILES string of the molecule is COC(=O)c1ccc(C#CCN)cc1NC(=O)CCCNC=O. The highest BCUT2D eigenvalue weighted by molar-refractivity contribution is 6.01. The van der Waals surface area contributed by atoms with Gasteiger partial charge < -0.3 is 21.1 Å². The van der Waals surface area contributed by atoms with Crippen molar-refractivity contribution in [3.63, 3.8) is 0 Å². The lowest BCUT2D eigenvalue weighted by Crippen LogP contribution is -2.18. The van der Waals surface area contributed by atoms with E-state index in [1.165, 1.54) is 13.2 Å². The Labute approximate surface area is 134 Å². The van der Waals surface area contributed by atoms with Crippen LogP contribution in [0.1, 0.15) is 28.8 Å². The Kier molecular flexibility index (Phi) is 7.89. The zero-order valence-corrected chi connectivity index (χ0v) is 12.8. The van der Waals surface area contributed by atoms with Crippen LogP contribution in [0.25, 0.3) is 0 Å². The Morgan fingerprint density at radius 1 is 1.39 bits per heavy atom. The maximum atomic E-state index is 11.9. The predicted molar refractivity (Wildman–Crippen MR) is 85.6 cm³/mol. The molecule has 4 N–H and O–H groups in total. The number of amides is 2. The molecule has 7 heteroatoms. The first-order chi connectivity index (χ1) is 11.1. The van der Waals surface area contributed by atoms with Gasteiger partial charge in [0, 0.05) is 18.5 Å². The van der Waals surface area contributed by atoms with E-state index >= 15 is 0 Å². The molecule has 1 rings (SSSR count). The number of carbonyl (C=O) groups excluding carboxylic acids is 3. The summed E-state index contributed by atoms with van der Waals surface area (Å²) in [6.07, 6.45) is 1.28. The van der Waals surface area contributed by atoms with Crippen molar-refractivity contribution in [2.75, 3.05) is 25.5 Å². The summed E-state index contributed by atoms with van der Waals surface area (Å²) >= 11 is 0. The zero-order valence-electron chi connectivity index (χ0n) is 12.8. The minimum absolute atomic E-state index is 0.208. The zero-order chi connectivity index (χ0) is 17.1. The molecule has 0 saturated carbocycles. The van der Waals surface area contributed by atoms with Crippen LogP contribution in [0.2, 0.25) is 0 Å². The van der Waals surface area contributed by atoms with Crippen molar-refractivity contribution >= 4 is 24.0 Å². The lowest BCUT2D eigenvalue weighted by Gasteiger charge is -2.10. The molecule has 0 fully saturated rings. The van der Waals surface area contributed by atoms with E-state index < -0.39 is 5.97 Å². The van der Waals surface area contributed by atoms with Gasteiger partial charge in [-0.25, -0.2) is 4.79 Å². The molecule has 2 amide bonds. The molecule has 0 bridgehead atoms. The maximum Gasteiger partial charge on any atom is 0.339 e. The summed E-state index contributed by atoms with van der Waals surface area (Å²) in [5.41, 5.74) is 6.52. The summed E-state index contributed by atoms with van der Waals surface area (Å²) < 4.78 is 4.70. The molecule has 0 saturated heterocycles. The van der Waals surface area contributed by atoms with E-state index in [0.717, 1.165) is 0 Å². The number of benzene rings is 1. The van der Waals surface area contributed by atoms with E-state index in [2.05, 4.69) is 22.5 Å². The first-order valence-corrected chi connectivity index (χ1v) is 7.00. The average Bonchev–Trinajstić information content (AvgIpc) is 2.56. The third-order valence-corrected chi connectivity index (χ3v) is 2.84. The van der Waals surface area contributed by atoms with Gasteiger partial charge in [0.2, 0.25) is 12.3 Å². The highest BCUT2D eigenvalue weighted by atomic mass is 16.5. The summed E-state index contributed by atoms with van der Waals surface area (Å²) in [7, 11) is 1.27. The van der Waals surface area contributed by atoms with Gasteiger partial charge in [0.05, 0.1) is 24.9 Å². The molecule has 0 aromatic heterocycles. The predicted octanol–water partition coefficient (Wildman–Crippen LogP) is 0.248. The van der Waals surface area contributed by atoms with Gasteiger partial charge in [-0.1, -0.05) is 11.8 Å². The van der Waals surface area contributed by atoms with Crippen molar-refractivity contribution in [3.05, 3.63) is 29.3 Å². The van der Waals surface area contributed by atoms with Gasteiger partial charge in [0.1, 0.15) is 0 Å². The number of rotatable bonds is 7. The summed E-state index contributed by atoms with van der Waals surface area (Å²) in [5, 5.41) is 5.14. The van der Waals surface area contributed by atoms with Crippen molar-refractivity contribution in [2.24, 2.45) is 5.73 Å². The van der Waals surface area contributed by atoms with Crippen LogP contribution in [0.15, 0.2) is 18.2 Å². The van der Waals surface area contributed by atoms with Gasteiger partial charge in [-0.05, 0) is 24.6 Å². The smallest absolute Gasteiger partial charge is 0.339 e. The van der Waals surface area contributed by atoms with E-state index in [9.17, 15) is 14.4 Å². The first-order valence-electron chi connectivity index (χ1n) is 7.00. The molecule has 7 nitrogen and oxygen atoms in total. The summed E-state index contributed by atoms with van der Waals surface area (Å²) in [6, 6.07) is 4.78. The van der Waals surface area contributed by atoms with Crippen molar-refractivity contribution in [1.82, 2.24) is 5.32 Å². The van der Waals surface area contributed by atoms with Crippen LogP contribution < -0.4 is 16.4 Å². The third-order valence-electron chi connectivity index (χ3n) is 2.84. The van der Waals surface area contributed by atoms with Gasteiger partial charge in [-0.2, -0.15) is 0 Å². The van der Waals surface area contributed by atoms with E-state index in [1.807, 2.05) is 0 Å². The number of carbonyl (C=O) groups is 3. The minimum Gasteiger partial charge on any atom is -0.465 e. The lowest BCUT2D eigenvalue weighted by atomic mass is 10.1. The quantitative estimate of drug-likeness (QED) is 0.289. The minimum atomic E-state index is -0.554. The molecule has 1 aromatic rings. The van der Waals surface area contributed by atoms with Crippen LogP contribution >= 0.6 is 0 Å². The number of anilines is 1. The second-order valence-corrected chi connectivity index (χ2v) is 4.48. The lowest BCUT2D eigenvalue weighted by molar-refractivity contribution is -0.116. The van der Waals surface area contributed by atoms with Gasteiger partial charge in [-0.3, -0.25) is 9.59 Å². The topological polar surface area (TPSA) is 111 Å². The van der Waals surface area contributed by atoms with Gasteiger partial charge in [-0.15, -0.1) is 0 Å². The second kappa shape index (κ2) is 9.97. The molecule has 0 unspecified atom stereocenters. The molecule has 0 aliphatic heterocycles.